The summed E-state index contributed by atoms with van der Waals surface area (Å²) in [5.41, 5.74) is 0. The van der Waals surface area contributed by atoms with Gasteiger partial charge in [-0.25, -0.2) is 13.1 Å². The first-order valence-electron chi connectivity index (χ1n) is 10.6. The van der Waals surface area contributed by atoms with Crippen LogP contribution < -0.4 is 10.0 Å². The van der Waals surface area contributed by atoms with E-state index in [0.717, 1.165) is 31.8 Å². The summed E-state index contributed by atoms with van der Waals surface area (Å²) in [4.78, 5) is 14.9. The summed E-state index contributed by atoms with van der Waals surface area (Å²) in [7, 11) is -3.55. The third-order valence-electron chi connectivity index (χ3n) is 5.89. The summed E-state index contributed by atoms with van der Waals surface area (Å²) in [5, 5.41) is 3.07. The summed E-state index contributed by atoms with van der Waals surface area (Å²) < 4.78 is 26.8. The van der Waals surface area contributed by atoms with Gasteiger partial charge in [0.2, 0.25) is 15.9 Å². The number of hydrogen-bond acceptors (Lipinski definition) is 4. The van der Waals surface area contributed by atoms with Crippen LogP contribution in [0.5, 0.6) is 0 Å². The third kappa shape index (κ3) is 6.57. The molecule has 0 bridgehead atoms. The average Bonchev–Trinajstić information content (AvgIpc) is 2.71. The van der Waals surface area contributed by atoms with Crippen molar-refractivity contribution in [3.8, 4) is 0 Å². The highest BCUT2D eigenvalue weighted by Crippen LogP contribution is 2.25. The van der Waals surface area contributed by atoms with Crippen LogP contribution in [0, 0.1) is 5.92 Å². The number of nitrogens with one attached hydrogen (secondary N) is 2. The molecule has 2 N–H and O–H groups in total. The zero-order valence-electron chi connectivity index (χ0n) is 16.6. The minimum atomic E-state index is -3.55. The van der Waals surface area contributed by atoms with Gasteiger partial charge in [-0.15, -0.1) is 0 Å². The van der Waals surface area contributed by atoms with Crippen molar-refractivity contribution >= 4 is 15.9 Å². The van der Waals surface area contributed by atoms with Gasteiger partial charge in [0.1, 0.15) is 0 Å². The molecular weight excluding hydrogens is 374 g/mol. The largest absolute Gasteiger partial charge is 0.353 e. The molecule has 2 fully saturated rings. The molecule has 1 amide bonds. The third-order valence-corrected chi connectivity index (χ3v) is 7.37. The number of sulfonamides is 1. The van der Waals surface area contributed by atoms with Crippen molar-refractivity contribution in [2.24, 2.45) is 5.92 Å². The molecule has 1 aromatic carbocycles. The monoisotopic (exact) mass is 407 g/mol. The van der Waals surface area contributed by atoms with Gasteiger partial charge in [0.25, 0.3) is 0 Å². The lowest BCUT2D eigenvalue weighted by Gasteiger charge is -2.35. The Labute approximate surface area is 169 Å². The highest BCUT2D eigenvalue weighted by molar-refractivity contribution is 7.89. The highest BCUT2D eigenvalue weighted by Gasteiger charge is 2.23. The number of benzene rings is 1. The number of carbonyl (C=O) groups excluding carboxylic acids is 1. The van der Waals surface area contributed by atoms with E-state index in [0.29, 0.717) is 0 Å². The fraction of sp³-hybridized carbons (Fsp3) is 0.667. The molecule has 3 rings (SSSR count). The lowest BCUT2D eigenvalue weighted by atomic mass is 9.88. The van der Waals surface area contributed by atoms with E-state index in [1.807, 2.05) is 0 Å². The van der Waals surface area contributed by atoms with Crippen molar-refractivity contribution in [2.45, 2.75) is 62.3 Å². The molecule has 1 aromatic rings. The maximum atomic E-state index is 12.2. The smallest absolute Gasteiger partial charge is 0.240 e. The molecule has 1 saturated carbocycles. The Bertz CT molecular complexity index is 710. The van der Waals surface area contributed by atoms with E-state index in [9.17, 15) is 13.2 Å². The van der Waals surface area contributed by atoms with Crippen LogP contribution in [0.25, 0.3) is 0 Å². The molecule has 156 valence electrons. The Morgan fingerprint density at radius 2 is 1.68 bits per heavy atom. The van der Waals surface area contributed by atoms with Gasteiger partial charge in [0, 0.05) is 38.6 Å². The van der Waals surface area contributed by atoms with Gasteiger partial charge in [-0.1, -0.05) is 37.5 Å². The molecule has 0 radical (unpaired) electrons. The van der Waals surface area contributed by atoms with Gasteiger partial charge in [0.15, 0.2) is 0 Å². The van der Waals surface area contributed by atoms with E-state index in [4.69, 9.17) is 0 Å². The van der Waals surface area contributed by atoms with Crippen molar-refractivity contribution in [2.75, 3.05) is 26.2 Å². The molecule has 0 aromatic heterocycles. The average molecular weight is 408 g/mol. The van der Waals surface area contributed by atoms with Crippen molar-refractivity contribution < 1.29 is 13.2 Å². The maximum Gasteiger partial charge on any atom is 0.240 e. The standard InChI is InChI=1S/C21H33N3O3S/c25-21(11-14-22-28(26,27)20-9-5-2-6-10-20)23-19-12-15-24(16-13-19)17-18-7-3-1-4-8-18/h2,5-6,9-10,18-19,22H,1,3-4,7-8,11-17H2,(H,23,25). The van der Waals surface area contributed by atoms with Gasteiger partial charge in [-0.2, -0.15) is 0 Å². The molecule has 1 aliphatic carbocycles. The van der Waals surface area contributed by atoms with Crippen LogP contribution in [0.3, 0.4) is 0 Å². The molecule has 7 heteroatoms. The van der Waals surface area contributed by atoms with Crippen LogP contribution in [0.1, 0.15) is 51.4 Å². The van der Waals surface area contributed by atoms with Gasteiger partial charge in [-0.3, -0.25) is 4.79 Å². The summed E-state index contributed by atoms with van der Waals surface area (Å²) in [6.45, 7) is 3.41. The molecule has 28 heavy (non-hydrogen) atoms. The first-order valence-corrected chi connectivity index (χ1v) is 12.1. The first kappa shape index (κ1) is 21.3. The van der Waals surface area contributed by atoms with Crippen LogP contribution in [0.2, 0.25) is 0 Å². The van der Waals surface area contributed by atoms with Gasteiger partial charge in [0.05, 0.1) is 4.90 Å². The predicted octanol–water partition coefficient (Wildman–Crippen LogP) is 2.52. The van der Waals surface area contributed by atoms with Gasteiger partial charge in [-0.05, 0) is 43.7 Å². The molecule has 1 saturated heterocycles. The predicted molar refractivity (Wildman–Crippen MR) is 110 cm³/mol. The lowest BCUT2D eigenvalue weighted by molar-refractivity contribution is -0.121. The topological polar surface area (TPSA) is 78.5 Å². The Morgan fingerprint density at radius 3 is 2.36 bits per heavy atom. The Kier molecular flexibility index (Phi) is 7.88. The van der Waals surface area contributed by atoms with Crippen LogP contribution in [0.4, 0.5) is 0 Å². The summed E-state index contributed by atoms with van der Waals surface area (Å²) in [5.74, 6) is 0.777. The summed E-state index contributed by atoms with van der Waals surface area (Å²) in [6.07, 6.45) is 9.02. The highest BCUT2D eigenvalue weighted by atomic mass is 32.2. The second-order valence-corrected chi connectivity index (χ2v) is 9.87. The minimum absolute atomic E-state index is 0.0820. The van der Waals surface area contributed by atoms with Crippen LogP contribution in [-0.4, -0.2) is 51.4 Å². The number of nitrogens with zero attached hydrogens (tertiary/aromatic N) is 1. The quantitative estimate of drug-likeness (QED) is 0.694. The molecule has 2 aliphatic rings. The second kappa shape index (κ2) is 10.4. The number of rotatable bonds is 8. The van der Waals surface area contributed by atoms with E-state index >= 15 is 0 Å². The van der Waals surface area contributed by atoms with E-state index in [2.05, 4.69) is 14.9 Å². The van der Waals surface area contributed by atoms with Crippen LogP contribution in [0.15, 0.2) is 35.2 Å². The normalized spacial score (nSPS) is 20.1. The van der Waals surface area contributed by atoms with E-state index in [1.54, 1.807) is 30.3 Å². The SMILES string of the molecule is O=C(CCNS(=O)(=O)c1ccccc1)NC1CCN(CC2CCCCC2)CC1. The molecule has 0 spiro atoms. The molecule has 0 atom stereocenters. The molecule has 0 unspecified atom stereocenters. The van der Waals surface area contributed by atoms with Gasteiger partial charge < -0.3 is 10.2 Å². The number of amides is 1. The molecule has 1 heterocycles. The number of piperidine rings is 1. The maximum absolute atomic E-state index is 12.2. The Balaban J connectivity index is 1.32. The summed E-state index contributed by atoms with van der Waals surface area (Å²) in [6, 6.07) is 8.44. The molecule has 6 nitrogen and oxygen atoms in total. The minimum Gasteiger partial charge on any atom is -0.353 e. The van der Waals surface area contributed by atoms with Crippen LogP contribution >= 0.6 is 0 Å². The Morgan fingerprint density at radius 1 is 1.00 bits per heavy atom. The lowest BCUT2D eigenvalue weighted by Crippen LogP contribution is -2.46. The van der Waals surface area contributed by atoms with Crippen LogP contribution in [-0.2, 0) is 14.8 Å². The van der Waals surface area contributed by atoms with E-state index < -0.39 is 10.0 Å². The number of carbonyl (C=O) groups is 1. The van der Waals surface area contributed by atoms with Gasteiger partial charge >= 0.3 is 0 Å². The number of hydrogen-bond donors (Lipinski definition) is 2. The zero-order chi connectivity index (χ0) is 19.8. The number of likely N-dealkylation sites (tertiary alicyclic amines) is 1. The second-order valence-electron chi connectivity index (χ2n) is 8.11. The molecular formula is C21H33N3O3S. The zero-order valence-corrected chi connectivity index (χ0v) is 17.4. The fourth-order valence-electron chi connectivity index (χ4n) is 4.28. The first-order chi connectivity index (χ1) is 13.5. The fourth-order valence-corrected chi connectivity index (χ4v) is 5.33. The summed E-state index contributed by atoms with van der Waals surface area (Å²) >= 11 is 0. The molecule has 1 aliphatic heterocycles. The van der Waals surface area contributed by atoms with E-state index in [-0.39, 0.29) is 29.8 Å². The van der Waals surface area contributed by atoms with Crippen molar-refractivity contribution in [1.29, 1.82) is 0 Å². The van der Waals surface area contributed by atoms with Crippen molar-refractivity contribution in [1.82, 2.24) is 14.9 Å². The van der Waals surface area contributed by atoms with E-state index in [1.165, 1.54) is 38.6 Å². The Hall–Kier alpha value is -1.44. The van der Waals surface area contributed by atoms with Crippen molar-refractivity contribution in [3.05, 3.63) is 30.3 Å². The van der Waals surface area contributed by atoms with Crippen molar-refractivity contribution in [3.63, 3.8) is 0 Å².